The van der Waals surface area contributed by atoms with Gasteiger partial charge in [-0.15, -0.1) is 0 Å². The Hall–Kier alpha value is -3.58. The number of amides is 1. The summed E-state index contributed by atoms with van der Waals surface area (Å²) in [6, 6.07) is 8.18. The maximum Gasteiger partial charge on any atom is 0.339 e. The molecule has 31 heavy (non-hydrogen) atoms. The third-order valence-corrected chi connectivity index (χ3v) is 4.86. The predicted octanol–water partition coefficient (Wildman–Crippen LogP) is 0.267. The maximum atomic E-state index is 13.2. The molecule has 1 atom stereocenters. The summed E-state index contributed by atoms with van der Waals surface area (Å²) in [6.45, 7) is 1.25. The number of nitrogens with two attached hydrogens (primary N) is 1. The van der Waals surface area contributed by atoms with Crippen LogP contribution in [0.25, 0.3) is 11.2 Å². The molecule has 0 aliphatic rings. The van der Waals surface area contributed by atoms with E-state index in [1.807, 2.05) is 6.07 Å². The van der Waals surface area contributed by atoms with Crippen LogP contribution in [0.1, 0.15) is 12.5 Å². The van der Waals surface area contributed by atoms with Crippen molar-refractivity contribution in [3.63, 3.8) is 0 Å². The number of anilines is 1. The van der Waals surface area contributed by atoms with Crippen molar-refractivity contribution in [1.29, 1.82) is 0 Å². The number of benzene rings is 1. The van der Waals surface area contributed by atoms with E-state index in [9.17, 15) is 23.1 Å². The number of esters is 1. The fourth-order valence-electron chi connectivity index (χ4n) is 2.91. The fraction of sp³-hybridized carbons (Fsp3) is 0.278. The highest BCUT2D eigenvalue weighted by Gasteiger charge is 2.26. The number of rotatable bonds is 6. The first kappa shape index (κ1) is 22.1. The lowest BCUT2D eigenvalue weighted by molar-refractivity contribution is -0.141. The van der Waals surface area contributed by atoms with E-state index in [0.717, 1.165) is 10.1 Å². The van der Waals surface area contributed by atoms with Gasteiger partial charge in [0, 0.05) is 14.0 Å². The van der Waals surface area contributed by atoms with Crippen LogP contribution < -0.4 is 11.4 Å². The number of nitrogen functional groups attached to an aromatic ring is 1. The molecule has 1 unspecified atom stereocenters. The summed E-state index contributed by atoms with van der Waals surface area (Å²) in [7, 11) is 1.42. The van der Waals surface area contributed by atoms with E-state index in [-0.39, 0.29) is 36.7 Å². The molecule has 12 nitrogen and oxygen atoms in total. The minimum Gasteiger partial charge on any atom is -0.464 e. The predicted molar refractivity (Wildman–Crippen MR) is 111 cm³/mol. The molecule has 2 aromatic heterocycles. The summed E-state index contributed by atoms with van der Waals surface area (Å²) in [6.07, 6.45) is 0. The Morgan fingerprint density at radius 3 is 2.55 bits per heavy atom. The van der Waals surface area contributed by atoms with Gasteiger partial charge in [-0.2, -0.15) is 9.97 Å². The lowest BCUT2D eigenvalue weighted by atomic mass is 10.2. The monoisotopic (exact) mass is 448 g/mol. The summed E-state index contributed by atoms with van der Waals surface area (Å²) >= 11 is -2.55. The number of aromatic nitrogens is 4. The van der Waals surface area contributed by atoms with Gasteiger partial charge >= 0.3 is 17.7 Å². The third-order valence-electron chi connectivity index (χ3n) is 4.36. The quantitative estimate of drug-likeness (QED) is 0.306. The minimum absolute atomic E-state index is 0.0235. The second kappa shape index (κ2) is 9.06. The molecule has 164 valence electrons. The highest BCUT2D eigenvalue weighted by Crippen LogP contribution is 2.20. The normalized spacial score (nSPS) is 12.0. The molecule has 0 radical (unpaired) electrons. The van der Waals surface area contributed by atoms with Crippen LogP contribution >= 0.6 is 0 Å². The van der Waals surface area contributed by atoms with Gasteiger partial charge in [-0.25, -0.2) is 18.4 Å². The Morgan fingerprint density at radius 1 is 1.26 bits per heavy atom. The third kappa shape index (κ3) is 4.62. The van der Waals surface area contributed by atoms with Crippen LogP contribution in [-0.4, -0.2) is 65.0 Å². The van der Waals surface area contributed by atoms with Gasteiger partial charge in [-0.1, -0.05) is 30.3 Å². The van der Waals surface area contributed by atoms with Gasteiger partial charge < -0.3 is 15.4 Å². The van der Waals surface area contributed by atoms with Crippen molar-refractivity contribution in [2.75, 3.05) is 25.9 Å². The van der Waals surface area contributed by atoms with E-state index in [0.29, 0.717) is 0 Å². The zero-order chi connectivity index (χ0) is 22.7. The first-order chi connectivity index (χ1) is 14.7. The van der Waals surface area contributed by atoms with E-state index in [4.69, 9.17) is 10.5 Å². The van der Waals surface area contributed by atoms with Crippen molar-refractivity contribution in [2.24, 2.45) is 0 Å². The average Bonchev–Trinajstić information content (AvgIpc) is 3.00. The summed E-state index contributed by atoms with van der Waals surface area (Å²) < 4.78 is 27.7. The molecule has 1 amide bonds. The summed E-state index contributed by atoms with van der Waals surface area (Å²) in [5, 5.41) is -0.486. The topological polar surface area (TPSA) is 163 Å². The first-order valence-electron chi connectivity index (χ1n) is 9.03. The molecular formula is C18H20N6O6S. The van der Waals surface area contributed by atoms with Gasteiger partial charge in [0.15, 0.2) is 11.5 Å². The molecule has 3 N–H and O–H groups in total. The zero-order valence-corrected chi connectivity index (χ0v) is 17.5. The molecule has 0 bridgehead atoms. The lowest BCUT2D eigenvalue weighted by Gasteiger charge is -2.17. The van der Waals surface area contributed by atoms with Crippen molar-refractivity contribution in [3.8, 4) is 0 Å². The summed E-state index contributed by atoms with van der Waals surface area (Å²) in [5.41, 5.74) is 5.79. The standard InChI is InChI=1S/C18H20N6O6S/c1-11(25)30-9-8-22(2)17(26)24-13-14(19)20-16(31(28)29)21-15(13)23(18(24)27)10-12-6-4-3-5-7-12/h3-7H,8-10H2,1-2H3,(H,28,29)(H2,19,20,21). The van der Waals surface area contributed by atoms with Gasteiger partial charge in [0.25, 0.3) is 5.16 Å². The van der Waals surface area contributed by atoms with E-state index < -0.39 is 33.9 Å². The smallest absolute Gasteiger partial charge is 0.339 e. The van der Waals surface area contributed by atoms with Crippen molar-refractivity contribution >= 4 is 40.1 Å². The van der Waals surface area contributed by atoms with Crippen molar-refractivity contribution < 1.29 is 23.1 Å². The Kier molecular flexibility index (Phi) is 6.46. The second-order valence-electron chi connectivity index (χ2n) is 6.55. The van der Waals surface area contributed by atoms with Gasteiger partial charge in [-0.05, 0) is 5.56 Å². The largest absolute Gasteiger partial charge is 0.464 e. The molecule has 0 saturated heterocycles. The molecule has 2 heterocycles. The van der Waals surface area contributed by atoms with Crippen LogP contribution in [0.5, 0.6) is 0 Å². The van der Waals surface area contributed by atoms with Crippen molar-refractivity contribution in [2.45, 2.75) is 18.6 Å². The molecule has 1 aromatic carbocycles. The Balaban J connectivity index is 2.13. The molecule has 0 aliphatic heterocycles. The van der Waals surface area contributed by atoms with Crippen molar-refractivity contribution in [3.05, 3.63) is 46.4 Å². The minimum atomic E-state index is -2.55. The number of nitrogens with zero attached hydrogens (tertiary/aromatic N) is 5. The molecule has 0 spiro atoms. The fourth-order valence-corrected chi connectivity index (χ4v) is 3.25. The lowest BCUT2D eigenvalue weighted by Crippen LogP contribution is -2.40. The maximum absolute atomic E-state index is 13.2. The number of carbonyl (C=O) groups excluding carboxylic acids is 2. The van der Waals surface area contributed by atoms with Crippen LogP contribution in [0.3, 0.4) is 0 Å². The van der Waals surface area contributed by atoms with Crippen LogP contribution in [-0.2, 0) is 27.2 Å². The summed E-state index contributed by atoms with van der Waals surface area (Å²) in [4.78, 5) is 46.1. The first-order valence-corrected chi connectivity index (χ1v) is 10.1. The molecular weight excluding hydrogens is 428 g/mol. The number of hydrogen-bond donors (Lipinski definition) is 2. The Bertz CT molecular complexity index is 1220. The average molecular weight is 448 g/mol. The van der Waals surface area contributed by atoms with Crippen LogP contribution in [0.4, 0.5) is 10.6 Å². The molecule has 0 fully saturated rings. The van der Waals surface area contributed by atoms with Gasteiger partial charge in [-0.3, -0.25) is 13.9 Å². The van der Waals surface area contributed by atoms with Gasteiger partial charge in [0.05, 0.1) is 13.1 Å². The molecule has 0 aliphatic carbocycles. The van der Waals surface area contributed by atoms with Crippen LogP contribution in [0.2, 0.25) is 0 Å². The molecule has 0 saturated carbocycles. The second-order valence-corrected chi connectivity index (χ2v) is 7.41. The number of fused-ring (bicyclic) bond motifs is 1. The van der Waals surface area contributed by atoms with E-state index >= 15 is 0 Å². The highest BCUT2D eigenvalue weighted by molar-refractivity contribution is 7.79. The van der Waals surface area contributed by atoms with Crippen LogP contribution in [0, 0.1) is 0 Å². The number of hydrogen-bond acceptors (Lipinski definition) is 8. The number of likely N-dealkylation sites (N-methyl/N-ethyl adjacent to an activating group) is 1. The highest BCUT2D eigenvalue weighted by atomic mass is 32.2. The zero-order valence-electron chi connectivity index (χ0n) is 16.7. The molecule has 3 rings (SSSR count). The number of carbonyl (C=O) groups is 2. The van der Waals surface area contributed by atoms with E-state index in [1.54, 1.807) is 24.3 Å². The van der Waals surface area contributed by atoms with E-state index in [1.165, 1.54) is 23.4 Å². The van der Waals surface area contributed by atoms with Gasteiger partial charge in [0.2, 0.25) is 11.1 Å². The Labute approximate surface area is 178 Å². The van der Waals surface area contributed by atoms with Gasteiger partial charge in [0.1, 0.15) is 12.1 Å². The van der Waals surface area contributed by atoms with Crippen LogP contribution in [0.15, 0.2) is 40.3 Å². The summed E-state index contributed by atoms with van der Waals surface area (Å²) in [5.74, 6) is -0.798. The number of ether oxygens (including phenoxy) is 1. The van der Waals surface area contributed by atoms with E-state index in [2.05, 4.69) is 9.97 Å². The molecule has 13 heteroatoms. The Morgan fingerprint density at radius 2 is 1.94 bits per heavy atom. The van der Waals surface area contributed by atoms with Crippen molar-refractivity contribution in [1.82, 2.24) is 24.0 Å². The SMILES string of the molecule is CC(=O)OCCN(C)C(=O)n1c(=O)n(Cc2ccccc2)c2nc(S(=O)O)nc(N)c21. The molecule has 3 aromatic rings. The number of imidazole rings is 1.